The fraction of sp³-hybridized carbons (Fsp3) is 1.00. The van der Waals surface area contributed by atoms with Crippen LogP contribution >= 0.6 is 0 Å². The van der Waals surface area contributed by atoms with Crippen LogP contribution in [-0.4, -0.2) is 45.6 Å². The van der Waals surface area contributed by atoms with E-state index in [1.807, 2.05) is 6.92 Å². The number of ether oxygens (including phenoxy) is 1. The van der Waals surface area contributed by atoms with Crippen molar-refractivity contribution in [2.75, 3.05) is 26.1 Å². The van der Waals surface area contributed by atoms with Crippen LogP contribution in [0.5, 0.6) is 0 Å². The molecule has 0 aliphatic rings. The van der Waals surface area contributed by atoms with E-state index in [2.05, 4.69) is 4.72 Å². The van der Waals surface area contributed by atoms with Gasteiger partial charge in [-0.05, 0) is 19.3 Å². The zero-order valence-corrected chi connectivity index (χ0v) is 10.9. The van der Waals surface area contributed by atoms with E-state index in [1.165, 1.54) is 0 Å². The van der Waals surface area contributed by atoms with Crippen LogP contribution in [0.15, 0.2) is 0 Å². The van der Waals surface area contributed by atoms with Crippen LogP contribution < -0.4 is 4.72 Å². The van der Waals surface area contributed by atoms with Crippen LogP contribution in [0, 0.1) is 0 Å². The van der Waals surface area contributed by atoms with E-state index < -0.39 is 10.0 Å². The second kappa shape index (κ2) is 8.92. The first kappa shape index (κ1) is 15.8. The van der Waals surface area contributed by atoms with Crippen LogP contribution in [0.25, 0.3) is 0 Å². The van der Waals surface area contributed by atoms with Crippen molar-refractivity contribution < 1.29 is 18.3 Å². The van der Waals surface area contributed by atoms with Crippen molar-refractivity contribution in [2.45, 2.75) is 38.6 Å². The monoisotopic (exact) mass is 253 g/mol. The molecule has 2 N–H and O–H groups in total. The third kappa shape index (κ3) is 8.04. The highest BCUT2D eigenvalue weighted by Crippen LogP contribution is 2.01. The summed E-state index contributed by atoms with van der Waals surface area (Å²) in [6.45, 7) is 2.43. The molecular weight excluding hydrogens is 230 g/mol. The minimum Gasteiger partial charge on any atom is -0.396 e. The quantitative estimate of drug-likeness (QED) is 0.556. The Kier molecular flexibility index (Phi) is 8.83. The van der Waals surface area contributed by atoms with Crippen LogP contribution in [0.3, 0.4) is 0 Å². The molecule has 0 aliphatic carbocycles. The maximum absolute atomic E-state index is 11.6. The minimum atomic E-state index is -3.24. The van der Waals surface area contributed by atoms with Crippen molar-refractivity contribution >= 4 is 10.0 Å². The molecule has 0 aliphatic heterocycles. The number of hydrogen-bond donors (Lipinski definition) is 2. The maximum Gasteiger partial charge on any atom is 0.211 e. The highest BCUT2D eigenvalue weighted by Gasteiger charge is 2.16. The van der Waals surface area contributed by atoms with Crippen molar-refractivity contribution in [2.24, 2.45) is 0 Å². The fourth-order valence-electron chi connectivity index (χ4n) is 1.44. The van der Waals surface area contributed by atoms with Crippen molar-refractivity contribution in [1.82, 2.24) is 4.72 Å². The van der Waals surface area contributed by atoms with Gasteiger partial charge in [0.2, 0.25) is 10.0 Å². The Balaban J connectivity index is 4.08. The molecule has 0 fully saturated rings. The van der Waals surface area contributed by atoms with E-state index in [4.69, 9.17) is 9.84 Å². The Morgan fingerprint density at radius 3 is 2.56 bits per heavy atom. The van der Waals surface area contributed by atoms with Crippen LogP contribution in [0.4, 0.5) is 0 Å². The average Bonchev–Trinajstić information content (AvgIpc) is 2.18. The molecule has 0 amide bonds. The van der Waals surface area contributed by atoms with Crippen molar-refractivity contribution in [3.63, 3.8) is 0 Å². The molecule has 0 heterocycles. The van der Waals surface area contributed by atoms with Crippen molar-refractivity contribution in [3.05, 3.63) is 0 Å². The first-order valence-corrected chi connectivity index (χ1v) is 7.30. The minimum absolute atomic E-state index is 0.0337. The van der Waals surface area contributed by atoms with Gasteiger partial charge in [-0.15, -0.1) is 0 Å². The summed E-state index contributed by atoms with van der Waals surface area (Å²) in [6.07, 6.45) is 2.68. The summed E-state index contributed by atoms with van der Waals surface area (Å²) in [5.41, 5.74) is 0. The van der Waals surface area contributed by atoms with E-state index in [9.17, 15) is 8.42 Å². The van der Waals surface area contributed by atoms with Gasteiger partial charge < -0.3 is 9.84 Å². The van der Waals surface area contributed by atoms with Gasteiger partial charge in [-0.3, -0.25) is 0 Å². The van der Waals surface area contributed by atoms with Gasteiger partial charge in [0.05, 0.1) is 12.4 Å². The summed E-state index contributed by atoms with van der Waals surface area (Å²) in [5, 5.41) is 8.58. The largest absolute Gasteiger partial charge is 0.396 e. The number of aliphatic hydroxyl groups excluding tert-OH is 1. The molecule has 16 heavy (non-hydrogen) atoms. The molecule has 0 bridgehead atoms. The second-order valence-corrected chi connectivity index (χ2v) is 5.68. The molecule has 0 saturated heterocycles. The van der Waals surface area contributed by atoms with Gasteiger partial charge in [-0.2, -0.15) is 0 Å². The molecule has 0 aromatic heterocycles. The first-order chi connectivity index (χ1) is 7.55. The lowest BCUT2D eigenvalue weighted by Crippen LogP contribution is -2.39. The molecule has 0 rings (SSSR count). The summed E-state index contributed by atoms with van der Waals surface area (Å²) in [7, 11) is -1.68. The predicted molar refractivity (Wildman–Crippen MR) is 63.8 cm³/mol. The van der Waals surface area contributed by atoms with Gasteiger partial charge in [-0.25, -0.2) is 13.1 Å². The number of rotatable bonds is 10. The summed E-state index contributed by atoms with van der Waals surface area (Å²) in [6, 6.07) is -0.144. The second-order valence-electron chi connectivity index (χ2n) is 3.81. The number of sulfonamides is 1. The van der Waals surface area contributed by atoms with Gasteiger partial charge in [0, 0.05) is 19.8 Å². The molecule has 0 spiro atoms. The third-order valence-electron chi connectivity index (χ3n) is 2.17. The van der Waals surface area contributed by atoms with E-state index in [-0.39, 0.29) is 18.4 Å². The molecule has 0 aromatic rings. The normalized spacial score (nSPS) is 13.9. The Morgan fingerprint density at radius 1 is 1.38 bits per heavy atom. The fourth-order valence-corrected chi connectivity index (χ4v) is 2.84. The zero-order valence-electron chi connectivity index (χ0n) is 10.1. The number of aliphatic hydroxyl groups is 1. The number of hydrogen-bond acceptors (Lipinski definition) is 4. The number of unbranched alkanes of at least 4 members (excludes halogenated alkanes) is 1. The summed E-state index contributed by atoms with van der Waals surface area (Å²) < 4.78 is 30.8. The number of nitrogens with one attached hydrogen (secondary N) is 1. The lowest BCUT2D eigenvalue weighted by molar-refractivity contribution is 0.171. The predicted octanol–water partition coefficient (Wildman–Crippen LogP) is 0.493. The van der Waals surface area contributed by atoms with Crippen molar-refractivity contribution in [1.29, 1.82) is 0 Å². The van der Waals surface area contributed by atoms with Gasteiger partial charge in [0.1, 0.15) is 0 Å². The Labute approximate surface area is 98.2 Å². The van der Waals surface area contributed by atoms with E-state index in [0.717, 1.165) is 12.8 Å². The lowest BCUT2D eigenvalue weighted by Gasteiger charge is -2.17. The molecule has 98 valence electrons. The Bertz CT molecular complexity index is 248. The standard InChI is InChI=1S/C10H23NO4S/c1-3-6-10(9-15-2)11-16(13,14)8-5-4-7-12/h10-12H,3-9H2,1-2H3. The topological polar surface area (TPSA) is 75.6 Å². The smallest absolute Gasteiger partial charge is 0.211 e. The highest BCUT2D eigenvalue weighted by molar-refractivity contribution is 7.89. The van der Waals surface area contributed by atoms with Crippen LogP contribution in [0.1, 0.15) is 32.6 Å². The van der Waals surface area contributed by atoms with Crippen molar-refractivity contribution in [3.8, 4) is 0 Å². The SMILES string of the molecule is CCCC(COC)NS(=O)(=O)CCCCO. The van der Waals surface area contributed by atoms with Gasteiger partial charge in [0.15, 0.2) is 0 Å². The molecule has 5 nitrogen and oxygen atoms in total. The summed E-state index contributed by atoms with van der Waals surface area (Å²) in [5.74, 6) is 0.0670. The third-order valence-corrected chi connectivity index (χ3v) is 3.69. The van der Waals surface area contributed by atoms with Gasteiger partial charge in [-0.1, -0.05) is 13.3 Å². The Morgan fingerprint density at radius 2 is 2.06 bits per heavy atom. The zero-order chi connectivity index (χ0) is 12.4. The molecule has 1 atom stereocenters. The summed E-state index contributed by atoms with van der Waals surface area (Å²) >= 11 is 0. The van der Waals surface area contributed by atoms with E-state index in [0.29, 0.717) is 19.4 Å². The van der Waals surface area contributed by atoms with Gasteiger partial charge in [0.25, 0.3) is 0 Å². The van der Waals surface area contributed by atoms with Crippen LogP contribution in [-0.2, 0) is 14.8 Å². The molecule has 1 unspecified atom stereocenters. The van der Waals surface area contributed by atoms with E-state index in [1.54, 1.807) is 7.11 Å². The molecule has 0 saturated carbocycles. The molecule has 0 aromatic carbocycles. The highest BCUT2D eigenvalue weighted by atomic mass is 32.2. The molecule has 0 radical (unpaired) electrons. The number of methoxy groups -OCH3 is 1. The van der Waals surface area contributed by atoms with E-state index >= 15 is 0 Å². The maximum atomic E-state index is 11.6. The Hall–Kier alpha value is -0.170. The molecular formula is C10H23NO4S. The average molecular weight is 253 g/mol. The van der Waals surface area contributed by atoms with Crippen LogP contribution in [0.2, 0.25) is 0 Å². The van der Waals surface area contributed by atoms with Gasteiger partial charge >= 0.3 is 0 Å². The molecule has 6 heteroatoms. The lowest BCUT2D eigenvalue weighted by atomic mass is 10.2. The summed E-state index contributed by atoms with van der Waals surface area (Å²) in [4.78, 5) is 0. The first-order valence-electron chi connectivity index (χ1n) is 5.65.